The Morgan fingerprint density at radius 2 is 1.64 bits per heavy atom. The average molecular weight is 195 g/mol. The Labute approximate surface area is 88.7 Å². The second kappa shape index (κ2) is 5.16. The van der Waals surface area contributed by atoms with Crippen molar-refractivity contribution < 1.29 is 0 Å². The molecule has 0 aromatic rings. The molecule has 14 heavy (non-hydrogen) atoms. The van der Waals surface area contributed by atoms with Gasteiger partial charge in [0, 0.05) is 0 Å². The average Bonchev–Trinajstić information content (AvgIpc) is 2.47. The molecule has 1 aliphatic carbocycles. The molecule has 1 heteroatoms. The molecule has 1 nitrogen and oxygen atoms in total. The van der Waals surface area contributed by atoms with Gasteiger partial charge in [0.05, 0.1) is 0 Å². The fourth-order valence-electron chi connectivity index (χ4n) is 3.21. The van der Waals surface area contributed by atoms with Crippen molar-refractivity contribution in [2.75, 3.05) is 13.1 Å². The molecule has 1 heterocycles. The van der Waals surface area contributed by atoms with Gasteiger partial charge in [0.25, 0.3) is 0 Å². The summed E-state index contributed by atoms with van der Waals surface area (Å²) in [6, 6.07) is 0. The Bertz CT molecular complexity index is 151. The molecule has 0 spiro atoms. The van der Waals surface area contributed by atoms with Gasteiger partial charge in [-0.1, -0.05) is 26.2 Å². The zero-order chi connectivity index (χ0) is 9.80. The van der Waals surface area contributed by atoms with Gasteiger partial charge in [-0.2, -0.15) is 0 Å². The first-order chi connectivity index (χ1) is 6.86. The van der Waals surface area contributed by atoms with Gasteiger partial charge in [-0.25, -0.2) is 0 Å². The third-order valence-corrected chi connectivity index (χ3v) is 4.31. The van der Waals surface area contributed by atoms with Crippen LogP contribution in [0.2, 0.25) is 0 Å². The molecule has 0 aromatic heterocycles. The smallest absolute Gasteiger partial charge is 0.00179 e. The van der Waals surface area contributed by atoms with Crippen LogP contribution < -0.4 is 5.32 Å². The van der Waals surface area contributed by atoms with E-state index in [2.05, 4.69) is 12.2 Å². The predicted molar refractivity (Wildman–Crippen MR) is 61.3 cm³/mol. The summed E-state index contributed by atoms with van der Waals surface area (Å²) in [6.45, 7) is 4.99. The molecule has 1 aliphatic heterocycles. The van der Waals surface area contributed by atoms with Gasteiger partial charge in [0.1, 0.15) is 0 Å². The van der Waals surface area contributed by atoms with Crippen molar-refractivity contribution in [3.05, 3.63) is 0 Å². The van der Waals surface area contributed by atoms with E-state index in [9.17, 15) is 0 Å². The molecule has 2 aliphatic rings. The normalized spacial score (nSPS) is 40.5. The summed E-state index contributed by atoms with van der Waals surface area (Å²) in [7, 11) is 0. The summed E-state index contributed by atoms with van der Waals surface area (Å²) < 4.78 is 0. The van der Waals surface area contributed by atoms with Gasteiger partial charge in [0.2, 0.25) is 0 Å². The van der Waals surface area contributed by atoms with Gasteiger partial charge < -0.3 is 5.32 Å². The molecule has 0 aromatic carbocycles. The van der Waals surface area contributed by atoms with Gasteiger partial charge >= 0.3 is 0 Å². The van der Waals surface area contributed by atoms with Gasteiger partial charge in [-0.15, -0.1) is 0 Å². The van der Waals surface area contributed by atoms with Gasteiger partial charge in [-0.05, 0) is 56.5 Å². The molecule has 2 rings (SSSR count). The molecule has 1 unspecified atom stereocenters. The van der Waals surface area contributed by atoms with E-state index in [4.69, 9.17) is 0 Å². The highest BCUT2D eigenvalue weighted by Gasteiger charge is 2.26. The van der Waals surface area contributed by atoms with Crippen LogP contribution in [0.1, 0.15) is 51.9 Å². The summed E-state index contributed by atoms with van der Waals surface area (Å²) in [5.41, 5.74) is 0. The van der Waals surface area contributed by atoms with Crippen LogP contribution in [0.15, 0.2) is 0 Å². The Hall–Kier alpha value is -0.0400. The van der Waals surface area contributed by atoms with Crippen LogP contribution in [0.3, 0.4) is 0 Å². The second-order valence-corrected chi connectivity index (χ2v) is 5.48. The van der Waals surface area contributed by atoms with Crippen LogP contribution in [0.25, 0.3) is 0 Å². The van der Waals surface area contributed by atoms with Crippen LogP contribution in [-0.2, 0) is 0 Å². The highest BCUT2D eigenvalue weighted by Crippen LogP contribution is 2.35. The Morgan fingerprint density at radius 3 is 2.43 bits per heavy atom. The molecular formula is C13H25N. The topological polar surface area (TPSA) is 12.0 Å². The van der Waals surface area contributed by atoms with E-state index in [1.54, 1.807) is 0 Å². The van der Waals surface area contributed by atoms with Crippen molar-refractivity contribution in [3.8, 4) is 0 Å². The summed E-state index contributed by atoms with van der Waals surface area (Å²) in [5.74, 6) is 3.06. The van der Waals surface area contributed by atoms with E-state index in [0.29, 0.717) is 0 Å². The lowest BCUT2D eigenvalue weighted by Crippen LogP contribution is -2.28. The second-order valence-electron chi connectivity index (χ2n) is 5.48. The predicted octanol–water partition coefficient (Wildman–Crippen LogP) is 3.20. The van der Waals surface area contributed by atoms with Crippen molar-refractivity contribution in [1.82, 2.24) is 5.32 Å². The van der Waals surface area contributed by atoms with E-state index < -0.39 is 0 Å². The molecule has 2 fully saturated rings. The van der Waals surface area contributed by atoms with E-state index >= 15 is 0 Å². The summed E-state index contributed by atoms with van der Waals surface area (Å²) in [4.78, 5) is 0. The standard InChI is InChI=1S/C13H25N/c1-11-5-7-12(8-6-11)13-4-2-3-9-14-10-13/h11-14H,2-10H2,1H3. The minimum absolute atomic E-state index is 1.00. The van der Waals surface area contributed by atoms with Crippen molar-refractivity contribution in [2.24, 2.45) is 17.8 Å². The Balaban J connectivity index is 1.81. The van der Waals surface area contributed by atoms with E-state index in [1.807, 2.05) is 0 Å². The first kappa shape index (κ1) is 10.5. The highest BCUT2D eigenvalue weighted by atomic mass is 14.9. The third-order valence-electron chi connectivity index (χ3n) is 4.31. The van der Waals surface area contributed by atoms with Crippen LogP contribution in [-0.4, -0.2) is 13.1 Å². The van der Waals surface area contributed by atoms with E-state index in [0.717, 1.165) is 17.8 Å². The van der Waals surface area contributed by atoms with Gasteiger partial charge in [-0.3, -0.25) is 0 Å². The molecule has 1 atom stereocenters. The quantitative estimate of drug-likeness (QED) is 0.677. The van der Waals surface area contributed by atoms with Crippen molar-refractivity contribution in [2.45, 2.75) is 51.9 Å². The van der Waals surface area contributed by atoms with Crippen LogP contribution in [0.5, 0.6) is 0 Å². The Morgan fingerprint density at radius 1 is 0.857 bits per heavy atom. The molecule has 1 saturated heterocycles. The monoisotopic (exact) mass is 195 g/mol. The van der Waals surface area contributed by atoms with Crippen LogP contribution in [0.4, 0.5) is 0 Å². The van der Waals surface area contributed by atoms with E-state index in [-0.39, 0.29) is 0 Å². The van der Waals surface area contributed by atoms with Gasteiger partial charge in [0.15, 0.2) is 0 Å². The molecule has 1 saturated carbocycles. The summed E-state index contributed by atoms with van der Waals surface area (Å²) >= 11 is 0. The zero-order valence-corrected chi connectivity index (χ0v) is 9.60. The third kappa shape index (κ3) is 2.73. The van der Waals surface area contributed by atoms with Crippen LogP contribution >= 0.6 is 0 Å². The maximum Gasteiger partial charge on any atom is -0.00179 e. The molecule has 82 valence electrons. The molecule has 0 amide bonds. The van der Waals surface area contributed by atoms with Crippen LogP contribution in [0, 0.1) is 17.8 Å². The lowest BCUT2D eigenvalue weighted by Gasteiger charge is -2.32. The van der Waals surface area contributed by atoms with Crippen molar-refractivity contribution >= 4 is 0 Å². The maximum absolute atomic E-state index is 3.61. The lowest BCUT2D eigenvalue weighted by molar-refractivity contribution is 0.204. The number of rotatable bonds is 1. The molecular weight excluding hydrogens is 170 g/mol. The fraction of sp³-hybridized carbons (Fsp3) is 1.00. The van der Waals surface area contributed by atoms with E-state index in [1.165, 1.54) is 58.0 Å². The number of hydrogen-bond acceptors (Lipinski definition) is 1. The minimum atomic E-state index is 1.00. The molecule has 0 bridgehead atoms. The first-order valence-corrected chi connectivity index (χ1v) is 6.57. The summed E-state index contributed by atoms with van der Waals surface area (Å²) in [6.07, 6.45) is 10.3. The largest absolute Gasteiger partial charge is 0.316 e. The van der Waals surface area contributed by atoms with Crippen molar-refractivity contribution in [1.29, 1.82) is 0 Å². The summed E-state index contributed by atoms with van der Waals surface area (Å²) in [5, 5.41) is 3.61. The molecule has 1 N–H and O–H groups in total. The number of hydrogen-bond donors (Lipinski definition) is 1. The van der Waals surface area contributed by atoms with Crippen molar-refractivity contribution in [3.63, 3.8) is 0 Å². The first-order valence-electron chi connectivity index (χ1n) is 6.57. The Kier molecular flexibility index (Phi) is 3.86. The minimum Gasteiger partial charge on any atom is -0.316 e. The highest BCUT2D eigenvalue weighted by molar-refractivity contribution is 4.79. The zero-order valence-electron chi connectivity index (χ0n) is 9.60. The maximum atomic E-state index is 3.61. The SMILES string of the molecule is CC1CCC(C2CCCCNC2)CC1. The number of nitrogens with one attached hydrogen (secondary N) is 1. The fourth-order valence-corrected chi connectivity index (χ4v) is 3.21. The lowest BCUT2D eigenvalue weighted by atomic mass is 9.75. The molecule has 0 radical (unpaired) electrons.